The van der Waals surface area contributed by atoms with Crippen LogP contribution in [-0.4, -0.2) is 31.4 Å². The van der Waals surface area contributed by atoms with E-state index in [0.717, 1.165) is 0 Å². The first-order chi connectivity index (χ1) is 9.20. The number of carbonyl (C=O) groups is 2. The van der Waals surface area contributed by atoms with Gasteiger partial charge < -0.3 is 16.2 Å². The summed E-state index contributed by atoms with van der Waals surface area (Å²) in [5, 5.41) is 15.9. The highest BCUT2D eigenvalue weighted by atomic mass is 32.2. The Morgan fingerprint density at radius 1 is 1.35 bits per heavy atom. The van der Waals surface area contributed by atoms with E-state index in [0.29, 0.717) is 5.56 Å². The SMILES string of the molecule is NC(CC(=O)O)C(=O)NCc1cccc(S(N)(=O)=O)c1. The maximum Gasteiger partial charge on any atom is 0.305 e. The van der Waals surface area contributed by atoms with Crippen molar-refractivity contribution in [2.24, 2.45) is 10.9 Å². The van der Waals surface area contributed by atoms with Crippen LogP contribution in [-0.2, 0) is 26.2 Å². The van der Waals surface area contributed by atoms with Gasteiger partial charge in [-0.15, -0.1) is 0 Å². The van der Waals surface area contributed by atoms with E-state index >= 15 is 0 Å². The predicted molar refractivity (Wildman–Crippen MR) is 69.9 cm³/mol. The van der Waals surface area contributed by atoms with Gasteiger partial charge in [-0.25, -0.2) is 13.6 Å². The van der Waals surface area contributed by atoms with Crippen molar-refractivity contribution in [2.45, 2.75) is 23.9 Å². The number of benzene rings is 1. The second kappa shape index (κ2) is 6.46. The van der Waals surface area contributed by atoms with Crippen LogP contribution in [0.5, 0.6) is 0 Å². The first-order valence-corrected chi connectivity index (χ1v) is 7.11. The van der Waals surface area contributed by atoms with Crippen LogP contribution in [0.2, 0.25) is 0 Å². The molecule has 0 aliphatic heterocycles. The predicted octanol–water partition coefficient (Wildman–Crippen LogP) is -1.25. The van der Waals surface area contributed by atoms with E-state index in [2.05, 4.69) is 5.32 Å². The average molecular weight is 301 g/mol. The van der Waals surface area contributed by atoms with Crippen LogP contribution in [0.3, 0.4) is 0 Å². The number of sulfonamides is 1. The largest absolute Gasteiger partial charge is 0.481 e. The molecule has 1 rings (SSSR count). The number of carboxylic acids is 1. The molecule has 0 aliphatic rings. The Bertz CT molecular complexity index is 614. The normalized spacial score (nSPS) is 12.7. The minimum atomic E-state index is -3.81. The van der Waals surface area contributed by atoms with Crippen molar-refractivity contribution in [1.29, 1.82) is 0 Å². The summed E-state index contributed by atoms with van der Waals surface area (Å²) in [4.78, 5) is 21.8. The number of primary sulfonamides is 1. The number of rotatable bonds is 6. The lowest BCUT2D eigenvalue weighted by Crippen LogP contribution is -2.41. The Balaban J connectivity index is 2.67. The van der Waals surface area contributed by atoms with Crippen LogP contribution < -0.4 is 16.2 Å². The molecule has 9 heteroatoms. The molecular formula is C11H15N3O5S. The highest BCUT2D eigenvalue weighted by Crippen LogP contribution is 2.09. The molecule has 0 heterocycles. The fraction of sp³-hybridized carbons (Fsp3) is 0.273. The molecule has 0 aliphatic carbocycles. The zero-order valence-corrected chi connectivity index (χ0v) is 11.3. The summed E-state index contributed by atoms with van der Waals surface area (Å²) in [7, 11) is -3.81. The van der Waals surface area contributed by atoms with E-state index in [1.165, 1.54) is 18.2 Å². The molecule has 0 aromatic heterocycles. The van der Waals surface area contributed by atoms with Gasteiger partial charge in [0, 0.05) is 6.54 Å². The maximum atomic E-state index is 11.5. The number of hydrogen-bond donors (Lipinski definition) is 4. The molecule has 1 aromatic carbocycles. The minimum absolute atomic E-state index is 0.0233. The van der Waals surface area contributed by atoms with Crippen molar-refractivity contribution in [2.75, 3.05) is 0 Å². The number of nitrogens with one attached hydrogen (secondary N) is 1. The Hall–Kier alpha value is -1.97. The van der Waals surface area contributed by atoms with Gasteiger partial charge in [0.25, 0.3) is 0 Å². The van der Waals surface area contributed by atoms with Crippen molar-refractivity contribution in [1.82, 2.24) is 5.32 Å². The summed E-state index contributed by atoms with van der Waals surface area (Å²) in [6.45, 7) is 0.0233. The van der Waals surface area contributed by atoms with Gasteiger partial charge in [0.05, 0.1) is 17.4 Å². The van der Waals surface area contributed by atoms with Crippen LogP contribution in [0.25, 0.3) is 0 Å². The third kappa shape index (κ3) is 4.96. The lowest BCUT2D eigenvalue weighted by atomic mass is 10.2. The minimum Gasteiger partial charge on any atom is -0.481 e. The van der Waals surface area contributed by atoms with E-state index in [4.69, 9.17) is 16.0 Å². The van der Waals surface area contributed by atoms with Gasteiger partial charge in [-0.1, -0.05) is 12.1 Å². The first kappa shape index (κ1) is 16.1. The summed E-state index contributed by atoms with van der Waals surface area (Å²) in [5.74, 6) is -1.81. The molecule has 0 fully saturated rings. The van der Waals surface area contributed by atoms with Gasteiger partial charge in [0.1, 0.15) is 0 Å². The van der Waals surface area contributed by atoms with Crippen LogP contribution in [0, 0.1) is 0 Å². The number of hydrogen-bond acceptors (Lipinski definition) is 5. The van der Waals surface area contributed by atoms with E-state index in [-0.39, 0.29) is 11.4 Å². The monoisotopic (exact) mass is 301 g/mol. The zero-order chi connectivity index (χ0) is 15.3. The number of aliphatic carboxylic acids is 1. The zero-order valence-electron chi connectivity index (χ0n) is 10.4. The van der Waals surface area contributed by atoms with Crippen molar-refractivity contribution in [3.8, 4) is 0 Å². The lowest BCUT2D eigenvalue weighted by Gasteiger charge is -2.10. The van der Waals surface area contributed by atoms with E-state index in [9.17, 15) is 18.0 Å². The molecule has 1 aromatic rings. The number of carboxylic acid groups (broad SMARTS) is 1. The van der Waals surface area contributed by atoms with Gasteiger partial charge in [-0.3, -0.25) is 9.59 Å². The molecule has 0 spiro atoms. The van der Waals surface area contributed by atoms with Gasteiger partial charge in [0.15, 0.2) is 0 Å². The van der Waals surface area contributed by atoms with Crippen molar-refractivity contribution < 1.29 is 23.1 Å². The summed E-state index contributed by atoms with van der Waals surface area (Å²) in [6.07, 6.45) is -0.483. The molecule has 110 valence electrons. The average Bonchev–Trinajstić information content (AvgIpc) is 2.34. The third-order valence-electron chi connectivity index (χ3n) is 2.43. The molecule has 1 unspecified atom stereocenters. The molecule has 20 heavy (non-hydrogen) atoms. The second-order valence-corrected chi connectivity index (χ2v) is 5.68. The lowest BCUT2D eigenvalue weighted by molar-refractivity contribution is -0.139. The quantitative estimate of drug-likeness (QED) is 0.515. The van der Waals surface area contributed by atoms with E-state index in [1.807, 2.05) is 0 Å². The molecular weight excluding hydrogens is 286 g/mol. The van der Waals surface area contributed by atoms with Gasteiger partial charge in [0.2, 0.25) is 15.9 Å². The van der Waals surface area contributed by atoms with Crippen LogP contribution in [0.15, 0.2) is 29.2 Å². The summed E-state index contributed by atoms with van der Waals surface area (Å²) in [6, 6.07) is 4.57. The number of carbonyl (C=O) groups excluding carboxylic acids is 1. The molecule has 1 atom stereocenters. The molecule has 0 radical (unpaired) electrons. The number of amides is 1. The summed E-state index contributed by atoms with van der Waals surface area (Å²) >= 11 is 0. The molecule has 8 nitrogen and oxygen atoms in total. The molecule has 0 saturated heterocycles. The molecule has 1 amide bonds. The van der Waals surface area contributed by atoms with E-state index in [1.54, 1.807) is 6.07 Å². The summed E-state index contributed by atoms with van der Waals surface area (Å²) < 4.78 is 22.3. The highest BCUT2D eigenvalue weighted by molar-refractivity contribution is 7.89. The molecule has 0 saturated carbocycles. The Kier molecular flexibility index (Phi) is 5.19. The van der Waals surface area contributed by atoms with Crippen LogP contribution >= 0.6 is 0 Å². The van der Waals surface area contributed by atoms with Crippen molar-refractivity contribution in [3.05, 3.63) is 29.8 Å². The fourth-order valence-corrected chi connectivity index (χ4v) is 2.02. The second-order valence-electron chi connectivity index (χ2n) is 4.11. The van der Waals surface area contributed by atoms with Crippen molar-refractivity contribution >= 4 is 21.9 Å². The third-order valence-corrected chi connectivity index (χ3v) is 3.34. The first-order valence-electron chi connectivity index (χ1n) is 5.57. The smallest absolute Gasteiger partial charge is 0.305 e. The van der Waals surface area contributed by atoms with Gasteiger partial charge >= 0.3 is 5.97 Å². The van der Waals surface area contributed by atoms with Crippen molar-refractivity contribution in [3.63, 3.8) is 0 Å². The van der Waals surface area contributed by atoms with Gasteiger partial charge in [-0.05, 0) is 17.7 Å². The van der Waals surface area contributed by atoms with E-state index < -0.39 is 34.4 Å². The standard InChI is InChI=1S/C11H15N3O5S/c12-9(5-10(15)16)11(17)14-6-7-2-1-3-8(4-7)20(13,18)19/h1-4,9H,5-6,12H2,(H,14,17)(H,15,16)(H2,13,18,19). The Labute approximate surface area is 115 Å². The van der Waals surface area contributed by atoms with Crippen LogP contribution in [0.4, 0.5) is 0 Å². The Morgan fingerprint density at radius 2 is 2.00 bits per heavy atom. The fourth-order valence-electron chi connectivity index (χ4n) is 1.43. The molecule has 0 bridgehead atoms. The maximum absolute atomic E-state index is 11.5. The highest BCUT2D eigenvalue weighted by Gasteiger charge is 2.16. The summed E-state index contributed by atoms with van der Waals surface area (Å²) in [5.41, 5.74) is 5.88. The molecule has 6 N–H and O–H groups in total. The van der Waals surface area contributed by atoms with Crippen LogP contribution in [0.1, 0.15) is 12.0 Å². The number of nitrogens with two attached hydrogens (primary N) is 2. The Morgan fingerprint density at radius 3 is 2.55 bits per heavy atom. The topological polar surface area (TPSA) is 153 Å². The van der Waals surface area contributed by atoms with Gasteiger partial charge in [-0.2, -0.15) is 0 Å².